The van der Waals surface area contributed by atoms with E-state index in [4.69, 9.17) is 5.73 Å². The molecule has 138 valence electrons. The lowest BCUT2D eigenvalue weighted by molar-refractivity contribution is -0.127. The number of allylic oxidation sites excluding steroid dienone is 1. The Morgan fingerprint density at radius 2 is 1.96 bits per heavy atom. The quantitative estimate of drug-likeness (QED) is 0.209. The Bertz CT molecular complexity index is 615. The highest BCUT2D eigenvalue weighted by Gasteiger charge is 2.24. The highest BCUT2D eigenvalue weighted by molar-refractivity contribution is 7.80. The number of benzene rings is 1. The minimum atomic E-state index is -0.652. The van der Waals surface area contributed by atoms with Crippen molar-refractivity contribution in [2.45, 2.75) is 45.1 Å². The summed E-state index contributed by atoms with van der Waals surface area (Å²) in [7, 11) is 0. The number of aromatic hydroxyl groups is 2. The van der Waals surface area contributed by atoms with Crippen molar-refractivity contribution in [3.05, 3.63) is 29.8 Å². The average Bonchev–Trinajstić information content (AvgIpc) is 2.60. The van der Waals surface area contributed by atoms with Crippen molar-refractivity contribution < 1.29 is 19.8 Å². The molecule has 1 aromatic carbocycles. The highest BCUT2D eigenvalue weighted by Crippen LogP contribution is 2.25. The van der Waals surface area contributed by atoms with Crippen molar-refractivity contribution in [2.24, 2.45) is 11.7 Å². The van der Waals surface area contributed by atoms with Crippen molar-refractivity contribution in [1.82, 2.24) is 0 Å². The molecule has 0 aliphatic rings. The van der Waals surface area contributed by atoms with Gasteiger partial charge in [-0.1, -0.05) is 38.3 Å². The van der Waals surface area contributed by atoms with Gasteiger partial charge < -0.3 is 15.9 Å². The lowest BCUT2D eigenvalue weighted by atomic mass is 9.88. The number of Topliss-reactive ketones (excluding diaryl/α,β-unsaturated/α-hetero) is 1. The molecule has 0 aliphatic heterocycles. The number of hydrogen-bond donors (Lipinski definition) is 4. The molecule has 0 fully saturated rings. The zero-order valence-electron chi connectivity index (χ0n) is 14.5. The van der Waals surface area contributed by atoms with E-state index in [-0.39, 0.29) is 41.2 Å². The molecule has 0 aromatic heterocycles. The molecule has 1 aromatic rings. The molecule has 0 saturated carbocycles. The van der Waals surface area contributed by atoms with Crippen LogP contribution >= 0.6 is 12.6 Å². The smallest absolute Gasteiger partial charge is 0.157 e. The first-order valence-electron chi connectivity index (χ1n) is 8.52. The van der Waals surface area contributed by atoms with Gasteiger partial charge >= 0.3 is 0 Å². The van der Waals surface area contributed by atoms with Crippen molar-refractivity contribution in [2.75, 3.05) is 5.75 Å². The minimum Gasteiger partial charge on any atom is -0.504 e. The minimum absolute atomic E-state index is 0.116. The summed E-state index contributed by atoms with van der Waals surface area (Å²) >= 11 is 4.07. The van der Waals surface area contributed by atoms with E-state index < -0.39 is 6.04 Å². The van der Waals surface area contributed by atoms with E-state index in [0.29, 0.717) is 12.0 Å². The zero-order chi connectivity index (χ0) is 18.8. The van der Waals surface area contributed by atoms with Crippen LogP contribution in [-0.4, -0.2) is 33.6 Å². The summed E-state index contributed by atoms with van der Waals surface area (Å²) in [4.78, 5) is 24.6. The maximum atomic E-state index is 12.3. The predicted octanol–water partition coefficient (Wildman–Crippen LogP) is 3.09. The van der Waals surface area contributed by atoms with E-state index in [1.54, 1.807) is 12.1 Å². The lowest BCUT2D eigenvalue weighted by Crippen LogP contribution is -2.37. The van der Waals surface area contributed by atoms with Gasteiger partial charge in [0.2, 0.25) is 0 Å². The van der Waals surface area contributed by atoms with Crippen LogP contribution in [0.2, 0.25) is 0 Å². The molecule has 0 aliphatic carbocycles. The van der Waals surface area contributed by atoms with Gasteiger partial charge in [-0.3, -0.25) is 9.59 Å². The lowest BCUT2D eigenvalue weighted by Gasteiger charge is -2.17. The highest BCUT2D eigenvalue weighted by atomic mass is 32.1. The number of unbranched alkanes of at least 4 members (excludes halogenated alkanes) is 2. The Balaban J connectivity index is 2.73. The molecule has 0 bridgehead atoms. The molecule has 1 rings (SSSR count). The molecule has 1 unspecified atom stereocenters. The van der Waals surface area contributed by atoms with Gasteiger partial charge in [0.25, 0.3) is 0 Å². The van der Waals surface area contributed by atoms with Crippen LogP contribution in [0.15, 0.2) is 24.3 Å². The van der Waals surface area contributed by atoms with Crippen LogP contribution in [0.5, 0.6) is 11.5 Å². The molecule has 0 saturated heterocycles. The summed E-state index contributed by atoms with van der Waals surface area (Å²) in [6.07, 6.45) is 6.63. The molecule has 0 spiro atoms. The van der Waals surface area contributed by atoms with Crippen molar-refractivity contribution in [1.29, 1.82) is 0 Å². The van der Waals surface area contributed by atoms with E-state index >= 15 is 0 Å². The molecule has 5 nitrogen and oxygen atoms in total. The van der Waals surface area contributed by atoms with Crippen LogP contribution in [0.25, 0.3) is 6.08 Å². The SMILES string of the molecule is CCCCCC(CC(=O)/C=C/c1ccc(O)c(O)c1)C(=O)[C@H](N)CS. The van der Waals surface area contributed by atoms with Gasteiger partial charge in [0.15, 0.2) is 23.1 Å². The Morgan fingerprint density at radius 3 is 2.56 bits per heavy atom. The fourth-order valence-electron chi connectivity index (χ4n) is 2.52. The van der Waals surface area contributed by atoms with Gasteiger partial charge in [-0.05, 0) is 30.2 Å². The van der Waals surface area contributed by atoms with Crippen molar-refractivity contribution in [3.63, 3.8) is 0 Å². The molecule has 0 radical (unpaired) electrons. The third kappa shape index (κ3) is 7.32. The average molecular weight is 365 g/mol. The van der Waals surface area contributed by atoms with Crippen LogP contribution in [-0.2, 0) is 9.59 Å². The van der Waals surface area contributed by atoms with E-state index in [9.17, 15) is 19.8 Å². The van der Waals surface area contributed by atoms with E-state index in [1.807, 2.05) is 0 Å². The first-order chi connectivity index (χ1) is 11.9. The van der Waals surface area contributed by atoms with Crippen LogP contribution in [0.1, 0.15) is 44.6 Å². The van der Waals surface area contributed by atoms with Gasteiger partial charge in [-0.15, -0.1) is 0 Å². The largest absolute Gasteiger partial charge is 0.504 e. The number of phenols is 2. The first-order valence-corrected chi connectivity index (χ1v) is 9.15. The van der Waals surface area contributed by atoms with Crippen LogP contribution in [0.4, 0.5) is 0 Å². The van der Waals surface area contributed by atoms with Gasteiger partial charge in [0, 0.05) is 18.1 Å². The number of thiol groups is 1. The molecular weight excluding hydrogens is 338 g/mol. The summed E-state index contributed by atoms with van der Waals surface area (Å²) in [6, 6.07) is 3.64. The Morgan fingerprint density at radius 1 is 1.24 bits per heavy atom. The fourth-order valence-corrected chi connectivity index (χ4v) is 2.70. The number of carbonyl (C=O) groups is 2. The van der Waals surface area contributed by atoms with Crippen LogP contribution in [0.3, 0.4) is 0 Å². The summed E-state index contributed by atoms with van der Waals surface area (Å²) in [5.74, 6) is -0.879. The van der Waals surface area contributed by atoms with E-state index in [0.717, 1.165) is 19.3 Å². The number of phenolic OH excluding ortho intramolecular Hbond substituents is 2. The molecule has 25 heavy (non-hydrogen) atoms. The maximum Gasteiger partial charge on any atom is 0.157 e. The summed E-state index contributed by atoms with van der Waals surface area (Å²) in [6.45, 7) is 2.08. The zero-order valence-corrected chi connectivity index (χ0v) is 15.4. The topological polar surface area (TPSA) is 101 Å². The Hall–Kier alpha value is -1.79. The van der Waals surface area contributed by atoms with Crippen LogP contribution < -0.4 is 5.73 Å². The number of nitrogens with two attached hydrogens (primary N) is 1. The summed E-state index contributed by atoms with van der Waals surface area (Å²) < 4.78 is 0. The molecule has 4 N–H and O–H groups in total. The van der Waals surface area contributed by atoms with Crippen molar-refractivity contribution in [3.8, 4) is 11.5 Å². The maximum absolute atomic E-state index is 12.3. The Kier molecular flexibility index (Phi) is 9.31. The first kappa shape index (κ1) is 21.3. The molecule has 6 heteroatoms. The fraction of sp³-hybridized carbons (Fsp3) is 0.474. The number of ketones is 2. The standard InChI is InChI=1S/C19H27NO4S/c1-2-3-4-5-14(19(24)16(20)12-25)11-15(21)8-6-13-7-9-17(22)18(23)10-13/h6-10,14,16,22-23,25H,2-5,11-12,20H2,1H3/b8-6+/t14?,16-/m1/s1. The number of hydrogen-bond acceptors (Lipinski definition) is 6. The second-order valence-electron chi connectivity index (χ2n) is 6.14. The second-order valence-corrected chi connectivity index (χ2v) is 6.50. The van der Waals surface area contributed by atoms with Crippen molar-refractivity contribution >= 4 is 30.3 Å². The molecule has 0 heterocycles. The third-order valence-electron chi connectivity index (χ3n) is 4.03. The van der Waals surface area contributed by atoms with Gasteiger partial charge in [-0.2, -0.15) is 12.6 Å². The van der Waals surface area contributed by atoms with E-state index in [2.05, 4.69) is 19.6 Å². The van der Waals surface area contributed by atoms with Gasteiger partial charge in [0.1, 0.15) is 0 Å². The van der Waals surface area contributed by atoms with Gasteiger partial charge in [0.05, 0.1) is 6.04 Å². The Labute approximate surface area is 154 Å². The predicted molar refractivity (Wildman–Crippen MR) is 103 cm³/mol. The van der Waals surface area contributed by atoms with Gasteiger partial charge in [-0.25, -0.2) is 0 Å². The monoisotopic (exact) mass is 365 g/mol. The van der Waals surface area contributed by atoms with Crippen LogP contribution in [0, 0.1) is 5.92 Å². The molecular formula is C19H27NO4S. The summed E-state index contributed by atoms with van der Waals surface area (Å²) in [5.41, 5.74) is 6.37. The number of rotatable bonds is 11. The number of carbonyl (C=O) groups excluding carboxylic acids is 2. The van der Waals surface area contributed by atoms with E-state index in [1.165, 1.54) is 18.2 Å². The third-order valence-corrected chi connectivity index (χ3v) is 4.42. The second kappa shape index (κ2) is 10.9. The molecule has 2 atom stereocenters. The summed E-state index contributed by atoms with van der Waals surface area (Å²) in [5, 5.41) is 18.7. The molecule has 0 amide bonds. The normalized spacial score (nSPS) is 13.7.